The number of hydrogen-bond acceptors (Lipinski definition) is 7. The van der Waals surface area contributed by atoms with Crippen molar-refractivity contribution in [1.29, 1.82) is 0 Å². The maximum atomic E-state index is 13.2. The third kappa shape index (κ3) is 5.58. The summed E-state index contributed by atoms with van der Waals surface area (Å²) < 4.78 is 22.8. The fraction of sp³-hybridized carbons (Fsp3) is 0.680. The molecule has 0 unspecified atom stereocenters. The Morgan fingerprint density at radius 3 is 2.68 bits per heavy atom. The Bertz CT molecular complexity index is 905. The Balaban J connectivity index is 1.24. The maximum absolute atomic E-state index is 13.2. The Kier molecular flexibility index (Phi) is 7.10. The first kappa shape index (κ1) is 23.2. The molecule has 1 aromatic carbocycles. The standard InChI is InChI=1S/C25H35N3O6/c1-31-21-10-19(11-22-25(21)34-17-33-22)12-26-13-20(32-16-18-5-6-18)14-28(24(30)15-26)9-3-8-27-7-2-4-23(27)29/h10-11,18,20H,2-9,12-17H2,1H3/t20-/m1/s1. The van der Waals surface area contributed by atoms with Gasteiger partial charge < -0.3 is 28.7 Å². The Morgan fingerprint density at radius 2 is 1.91 bits per heavy atom. The molecule has 1 aliphatic carbocycles. The minimum absolute atomic E-state index is 0.0311. The maximum Gasteiger partial charge on any atom is 0.236 e. The summed E-state index contributed by atoms with van der Waals surface area (Å²) in [6.45, 7) is 5.38. The highest BCUT2D eigenvalue weighted by atomic mass is 16.7. The number of hydrogen-bond donors (Lipinski definition) is 0. The second-order valence-corrected chi connectivity index (χ2v) is 9.78. The number of fused-ring (bicyclic) bond motifs is 1. The molecule has 1 saturated carbocycles. The summed E-state index contributed by atoms with van der Waals surface area (Å²) >= 11 is 0. The zero-order valence-corrected chi connectivity index (χ0v) is 20.0. The molecule has 3 aliphatic heterocycles. The Morgan fingerprint density at radius 1 is 1.06 bits per heavy atom. The van der Waals surface area contributed by atoms with E-state index in [4.69, 9.17) is 18.9 Å². The number of rotatable bonds is 10. The number of carbonyl (C=O) groups excluding carboxylic acids is 2. The van der Waals surface area contributed by atoms with Crippen molar-refractivity contribution in [2.75, 3.05) is 59.8 Å². The second kappa shape index (κ2) is 10.4. The van der Waals surface area contributed by atoms with Gasteiger partial charge in [-0.2, -0.15) is 0 Å². The lowest BCUT2D eigenvalue weighted by Gasteiger charge is -2.26. The van der Waals surface area contributed by atoms with E-state index >= 15 is 0 Å². The highest BCUT2D eigenvalue weighted by Crippen LogP contribution is 2.42. The molecular weight excluding hydrogens is 438 g/mol. The van der Waals surface area contributed by atoms with Crippen molar-refractivity contribution < 1.29 is 28.5 Å². The summed E-state index contributed by atoms with van der Waals surface area (Å²) in [5, 5.41) is 0. The number of carbonyl (C=O) groups is 2. The van der Waals surface area contributed by atoms with E-state index in [2.05, 4.69) is 4.90 Å². The van der Waals surface area contributed by atoms with Crippen LogP contribution in [-0.4, -0.2) is 92.4 Å². The summed E-state index contributed by atoms with van der Waals surface area (Å²) in [6.07, 6.45) is 4.83. The van der Waals surface area contributed by atoms with Gasteiger partial charge in [0.05, 0.1) is 19.8 Å². The predicted octanol–water partition coefficient (Wildman–Crippen LogP) is 1.88. The first-order valence-corrected chi connectivity index (χ1v) is 12.4. The summed E-state index contributed by atoms with van der Waals surface area (Å²) in [6, 6.07) is 3.92. The van der Waals surface area contributed by atoms with Crippen molar-refractivity contribution >= 4 is 11.8 Å². The number of ether oxygens (including phenoxy) is 4. The molecule has 2 saturated heterocycles. The molecule has 5 rings (SSSR count). The average Bonchev–Trinajstić information content (AvgIpc) is 3.42. The molecule has 3 fully saturated rings. The van der Waals surface area contributed by atoms with Crippen LogP contribution in [0, 0.1) is 5.92 Å². The molecule has 0 N–H and O–H groups in total. The van der Waals surface area contributed by atoms with Gasteiger partial charge in [0.1, 0.15) is 0 Å². The van der Waals surface area contributed by atoms with E-state index in [9.17, 15) is 9.59 Å². The molecule has 9 heteroatoms. The quantitative estimate of drug-likeness (QED) is 0.513. The van der Waals surface area contributed by atoms with Crippen LogP contribution in [0.5, 0.6) is 17.2 Å². The molecule has 0 spiro atoms. The third-order valence-electron chi connectivity index (χ3n) is 7.01. The number of amides is 2. The lowest BCUT2D eigenvalue weighted by Crippen LogP contribution is -2.40. The molecule has 2 amide bonds. The molecule has 34 heavy (non-hydrogen) atoms. The van der Waals surface area contributed by atoms with Gasteiger partial charge in [0, 0.05) is 52.3 Å². The van der Waals surface area contributed by atoms with Gasteiger partial charge in [0.2, 0.25) is 24.4 Å². The normalized spacial score (nSPS) is 23.0. The van der Waals surface area contributed by atoms with Gasteiger partial charge in [-0.15, -0.1) is 0 Å². The Labute approximate surface area is 200 Å². The molecule has 186 valence electrons. The van der Waals surface area contributed by atoms with E-state index in [0.29, 0.717) is 62.3 Å². The van der Waals surface area contributed by atoms with E-state index in [0.717, 1.165) is 38.1 Å². The monoisotopic (exact) mass is 473 g/mol. The van der Waals surface area contributed by atoms with E-state index in [1.165, 1.54) is 12.8 Å². The summed E-state index contributed by atoms with van der Waals surface area (Å²) in [5.41, 5.74) is 1.01. The molecule has 3 heterocycles. The van der Waals surface area contributed by atoms with Crippen LogP contribution in [0.25, 0.3) is 0 Å². The van der Waals surface area contributed by atoms with Crippen LogP contribution >= 0.6 is 0 Å². The zero-order valence-electron chi connectivity index (χ0n) is 20.0. The fourth-order valence-electron chi connectivity index (χ4n) is 4.97. The van der Waals surface area contributed by atoms with Crippen molar-refractivity contribution in [1.82, 2.24) is 14.7 Å². The van der Waals surface area contributed by atoms with Gasteiger partial charge >= 0.3 is 0 Å². The van der Waals surface area contributed by atoms with E-state index in [1.807, 2.05) is 21.9 Å². The molecule has 0 bridgehead atoms. The van der Waals surface area contributed by atoms with Crippen LogP contribution in [0.15, 0.2) is 12.1 Å². The van der Waals surface area contributed by atoms with Gasteiger partial charge in [-0.05, 0) is 49.3 Å². The van der Waals surface area contributed by atoms with Gasteiger partial charge in [0.15, 0.2) is 11.5 Å². The highest BCUT2D eigenvalue weighted by Gasteiger charge is 2.31. The van der Waals surface area contributed by atoms with Crippen molar-refractivity contribution in [3.8, 4) is 17.2 Å². The number of likely N-dealkylation sites (tertiary alicyclic amines) is 1. The largest absolute Gasteiger partial charge is 0.493 e. The summed E-state index contributed by atoms with van der Waals surface area (Å²) in [5.74, 6) is 2.96. The van der Waals surface area contributed by atoms with Gasteiger partial charge in [-0.25, -0.2) is 0 Å². The van der Waals surface area contributed by atoms with Crippen LogP contribution in [0.2, 0.25) is 0 Å². The average molecular weight is 474 g/mol. The molecule has 4 aliphatic rings. The molecule has 0 aromatic heterocycles. The van der Waals surface area contributed by atoms with Crippen molar-refractivity contribution in [3.05, 3.63) is 17.7 Å². The van der Waals surface area contributed by atoms with Gasteiger partial charge in [0.25, 0.3) is 0 Å². The zero-order chi connectivity index (χ0) is 23.5. The lowest BCUT2D eigenvalue weighted by molar-refractivity contribution is -0.132. The van der Waals surface area contributed by atoms with Crippen molar-refractivity contribution in [3.63, 3.8) is 0 Å². The van der Waals surface area contributed by atoms with Crippen LogP contribution < -0.4 is 14.2 Å². The second-order valence-electron chi connectivity index (χ2n) is 9.78. The summed E-state index contributed by atoms with van der Waals surface area (Å²) in [4.78, 5) is 31.1. The van der Waals surface area contributed by atoms with Crippen molar-refractivity contribution in [2.45, 2.75) is 44.8 Å². The molecule has 9 nitrogen and oxygen atoms in total. The van der Waals surface area contributed by atoms with E-state index in [-0.39, 0.29) is 24.7 Å². The van der Waals surface area contributed by atoms with Crippen molar-refractivity contribution in [2.24, 2.45) is 5.92 Å². The van der Waals surface area contributed by atoms with Crippen LogP contribution in [-0.2, 0) is 20.9 Å². The van der Waals surface area contributed by atoms with Crippen LogP contribution in [0.1, 0.15) is 37.7 Å². The smallest absolute Gasteiger partial charge is 0.236 e. The first-order chi connectivity index (χ1) is 16.6. The first-order valence-electron chi connectivity index (χ1n) is 12.4. The molecule has 1 aromatic rings. The minimum atomic E-state index is -0.0311. The SMILES string of the molecule is COc1cc(CN2CC(=O)N(CCCN3CCCC3=O)C[C@H](OCC3CC3)C2)cc2c1OCO2. The third-order valence-corrected chi connectivity index (χ3v) is 7.01. The summed E-state index contributed by atoms with van der Waals surface area (Å²) in [7, 11) is 1.62. The highest BCUT2D eigenvalue weighted by molar-refractivity contribution is 5.79. The van der Waals surface area contributed by atoms with E-state index < -0.39 is 0 Å². The lowest BCUT2D eigenvalue weighted by atomic mass is 10.1. The molecule has 1 atom stereocenters. The van der Waals surface area contributed by atoms with Gasteiger partial charge in [-0.3, -0.25) is 14.5 Å². The Hall–Kier alpha value is -2.52. The number of nitrogens with zero attached hydrogens (tertiary/aromatic N) is 3. The van der Waals surface area contributed by atoms with Crippen LogP contribution in [0.3, 0.4) is 0 Å². The number of methoxy groups -OCH3 is 1. The fourth-order valence-corrected chi connectivity index (χ4v) is 4.97. The van der Waals surface area contributed by atoms with Gasteiger partial charge in [-0.1, -0.05) is 0 Å². The predicted molar refractivity (Wildman–Crippen MR) is 124 cm³/mol. The van der Waals surface area contributed by atoms with Crippen LogP contribution in [0.4, 0.5) is 0 Å². The topological polar surface area (TPSA) is 80.8 Å². The van der Waals surface area contributed by atoms with E-state index in [1.54, 1.807) is 7.11 Å². The molecular formula is C25H35N3O6. The number of benzene rings is 1. The molecule has 0 radical (unpaired) electrons. The minimum Gasteiger partial charge on any atom is -0.493 e.